The molecule has 1 heterocycles. The van der Waals surface area contributed by atoms with E-state index in [-0.39, 0.29) is 17.5 Å². The fraction of sp³-hybridized carbons (Fsp3) is 0.400. The van der Waals surface area contributed by atoms with Crippen LogP contribution in [0.1, 0.15) is 30.0 Å². The van der Waals surface area contributed by atoms with Crippen LogP contribution < -0.4 is 9.46 Å². The fourth-order valence-corrected chi connectivity index (χ4v) is 4.61. The molecule has 0 bridgehead atoms. The van der Waals surface area contributed by atoms with Crippen LogP contribution in [0.4, 0.5) is 13.2 Å². The molecule has 0 aliphatic carbocycles. The Labute approximate surface area is 168 Å². The molecule has 0 saturated carbocycles. The van der Waals surface area contributed by atoms with E-state index in [4.69, 9.17) is 4.74 Å². The Kier molecular flexibility index (Phi) is 6.50. The normalized spacial score (nSPS) is 18.1. The second kappa shape index (κ2) is 8.73. The lowest BCUT2D eigenvalue weighted by molar-refractivity contribution is -0.137. The van der Waals surface area contributed by atoms with E-state index in [1.807, 2.05) is 24.3 Å². The van der Waals surface area contributed by atoms with Gasteiger partial charge in [-0.2, -0.15) is 13.2 Å². The van der Waals surface area contributed by atoms with E-state index in [1.165, 1.54) is 0 Å². The molecule has 158 valence electrons. The van der Waals surface area contributed by atoms with Gasteiger partial charge in [-0.3, -0.25) is 4.90 Å². The van der Waals surface area contributed by atoms with Crippen molar-refractivity contribution in [2.24, 2.45) is 0 Å². The van der Waals surface area contributed by atoms with Gasteiger partial charge in [0.1, 0.15) is 5.75 Å². The van der Waals surface area contributed by atoms with Crippen molar-refractivity contribution in [3.05, 3.63) is 59.7 Å². The van der Waals surface area contributed by atoms with Crippen molar-refractivity contribution in [2.45, 2.75) is 30.0 Å². The number of hydrogen-bond donors (Lipinski definition) is 1. The van der Waals surface area contributed by atoms with Gasteiger partial charge in [0.2, 0.25) is 10.0 Å². The van der Waals surface area contributed by atoms with Gasteiger partial charge in [0.25, 0.3) is 0 Å². The monoisotopic (exact) mass is 428 g/mol. The van der Waals surface area contributed by atoms with Gasteiger partial charge < -0.3 is 4.74 Å². The number of nitrogens with one attached hydrogen (secondary N) is 1. The third-order valence-electron chi connectivity index (χ3n) is 5.03. The average Bonchev–Trinajstić information content (AvgIpc) is 3.16. The minimum Gasteiger partial charge on any atom is -0.497 e. The molecule has 1 aliphatic heterocycles. The summed E-state index contributed by atoms with van der Waals surface area (Å²) >= 11 is 0. The van der Waals surface area contributed by atoms with Crippen LogP contribution in [-0.4, -0.2) is 40.1 Å². The summed E-state index contributed by atoms with van der Waals surface area (Å²) in [6.45, 7) is 1.42. The maximum atomic E-state index is 12.8. The van der Waals surface area contributed by atoms with Gasteiger partial charge in [-0.1, -0.05) is 18.2 Å². The predicted molar refractivity (Wildman–Crippen MR) is 103 cm³/mol. The van der Waals surface area contributed by atoms with Gasteiger partial charge in [-0.15, -0.1) is 0 Å². The Bertz CT molecular complexity index is 931. The smallest absolute Gasteiger partial charge is 0.416 e. The first-order valence-corrected chi connectivity index (χ1v) is 10.7. The number of alkyl halides is 3. The van der Waals surface area contributed by atoms with Crippen LogP contribution in [0.25, 0.3) is 0 Å². The summed E-state index contributed by atoms with van der Waals surface area (Å²) < 4.78 is 70.9. The largest absolute Gasteiger partial charge is 0.497 e. The quantitative estimate of drug-likeness (QED) is 0.728. The van der Waals surface area contributed by atoms with E-state index in [0.717, 1.165) is 48.9 Å². The van der Waals surface area contributed by atoms with Gasteiger partial charge in [-0.05, 0) is 55.3 Å². The van der Waals surface area contributed by atoms with Gasteiger partial charge in [0.15, 0.2) is 0 Å². The first-order valence-electron chi connectivity index (χ1n) is 9.25. The molecule has 0 radical (unpaired) electrons. The molecule has 1 aliphatic rings. The first-order chi connectivity index (χ1) is 13.7. The van der Waals surface area contributed by atoms with Crippen molar-refractivity contribution >= 4 is 10.0 Å². The van der Waals surface area contributed by atoms with E-state index in [9.17, 15) is 21.6 Å². The maximum absolute atomic E-state index is 12.8. The van der Waals surface area contributed by atoms with Crippen LogP contribution >= 0.6 is 0 Å². The Morgan fingerprint density at radius 1 is 1.17 bits per heavy atom. The summed E-state index contributed by atoms with van der Waals surface area (Å²) in [5.74, 6) is 0.771. The van der Waals surface area contributed by atoms with Crippen molar-refractivity contribution in [2.75, 3.05) is 26.7 Å². The third-order valence-corrected chi connectivity index (χ3v) is 6.49. The zero-order valence-corrected chi connectivity index (χ0v) is 16.8. The number of ether oxygens (including phenoxy) is 1. The summed E-state index contributed by atoms with van der Waals surface area (Å²) in [6, 6.07) is 11.7. The number of sulfonamides is 1. The van der Waals surface area contributed by atoms with Crippen molar-refractivity contribution in [3.63, 3.8) is 0 Å². The van der Waals surface area contributed by atoms with Gasteiger partial charge in [0.05, 0.1) is 17.6 Å². The molecule has 29 heavy (non-hydrogen) atoms. The Morgan fingerprint density at radius 2 is 1.90 bits per heavy atom. The van der Waals surface area contributed by atoms with Gasteiger partial charge in [0, 0.05) is 19.1 Å². The lowest BCUT2D eigenvalue weighted by Crippen LogP contribution is -2.34. The molecule has 0 spiro atoms. The summed E-state index contributed by atoms with van der Waals surface area (Å²) in [5, 5.41) is 0. The zero-order chi connectivity index (χ0) is 21.1. The summed E-state index contributed by atoms with van der Waals surface area (Å²) in [5.41, 5.74) is 0.142. The summed E-state index contributed by atoms with van der Waals surface area (Å²) in [4.78, 5) is 1.79. The number of rotatable bonds is 7. The standard InChI is InChI=1S/C20H23F3N2O3S/c1-28-17-9-7-15(8-10-17)19-6-3-12-25(19)13-11-24-29(26,27)18-5-2-4-16(14-18)20(21,22)23/h2,4-5,7-10,14,19,24H,3,6,11-13H2,1H3. The van der Waals surface area contributed by atoms with Crippen LogP contribution in [-0.2, 0) is 16.2 Å². The van der Waals surface area contributed by atoms with Gasteiger partial charge >= 0.3 is 6.18 Å². The molecule has 1 N–H and O–H groups in total. The molecule has 1 fully saturated rings. The highest BCUT2D eigenvalue weighted by molar-refractivity contribution is 7.89. The molecule has 3 rings (SSSR count). The molecular weight excluding hydrogens is 405 g/mol. The van der Waals surface area contributed by atoms with E-state index >= 15 is 0 Å². The molecule has 0 amide bonds. The molecule has 2 aromatic rings. The molecule has 2 aromatic carbocycles. The number of benzene rings is 2. The second-order valence-corrected chi connectivity index (χ2v) is 8.66. The Balaban J connectivity index is 1.62. The second-order valence-electron chi connectivity index (χ2n) is 6.89. The number of hydrogen-bond acceptors (Lipinski definition) is 4. The number of methoxy groups -OCH3 is 1. The first kappa shape index (κ1) is 21.6. The SMILES string of the molecule is COc1ccc(C2CCCN2CCNS(=O)(=O)c2cccc(C(F)(F)F)c2)cc1. The van der Waals surface area contributed by atoms with Crippen molar-refractivity contribution in [3.8, 4) is 5.75 Å². The van der Waals surface area contributed by atoms with Crippen LogP contribution in [0.3, 0.4) is 0 Å². The number of halogens is 3. The minimum atomic E-state index is -4.59. The number of nitrogens with zero attached hydrogens (tertiary/aromatic N) is 1. The highest BCUT2D eigenvalue weighted by Crippen LogP contribution is 2.32. The molecule has 1 atom stereocenters. The van der Waals surface area contributed by atoms with Crippen LogP contribution in [0.15, 0.2) is 53.4 Å². The van der Waals surface area contributed by atoms with Gasteiger partial charge in [-0.25, -0.2) is 13.1 Å². The molecular formula is C20H23F3N2O3S. The van der Waals surface area contributed by atoms with E-state index < -0.39 is 21.8 Å². The topological polar surface area (TPSA) is 58.6 Å². The predicted octanol–water partition coefficient (Wildman–Crippen LogP) is 3.83. The fourth-order valence-electron chi connectivity index (χ4n) is 3.54. The summed E-state index contributed by atoms with van der Waals surface area (Å²) in [7, 11) is -2.41. The lowest BCUT2D eigenvalue weighted by atomic mass is 10.0. The third kappa shape index (κ3) is 5.29. The molecule has 5 nitrogen and oxygen atoms in total. The molecule has 9 heteroatoms. The maximum Gasteiger partial charge on any atom is 0.416 e. The van der Waals surface area contributed by atoms with Crippen LogP contribution in [0.5, 0.6) is 5.75 Å². The van der Waals surface area contributed by atoms with Crippen molar-refractivity contribution in [1.29, 1.82) is 0 Å². The minimum absolute atomic E-state index is 0.116. The summed E-state index contributed by atoms with van der Waals surface area (Å²) in [6.07, 6.45) is -2.63. The van der Waals surface area contributed by atoms with Crippen molar-refractivity contribution in [1.82, 2.24) is 9.62 Å². The molecule has 1 unspecified atom stereocenters. The molecule has 0 aromatic heterocycles. The average molecular weight is 428 g/mol. The van der Waals surface area contributed by atoms with Crippen LogP contribution in [0.2, 0.25) is 0 Å². The highest BCUT2D eigenvalue weighted by Gasteiger charge is 2.32. The highest BCUT2D eigenvalue weighted by atomic mass is 32.2. The van der Waals surface area contributed by atoms with E-state index in [0.29, 0.717) is 12.6 Å². The van der Waals surface area contributed by atoms with Crippen LogP contribution in [0, 0.1) is 0 Å². The lowest BCUT2D eigenvalue weighted by Gasteiger charge is -2.25. The Hall–Kier alpha value is -2.10. The molecule has 1 saturated heterocycles. The Morgan fingerprint density at radius 3 is 2.55 bits per heavy atom. The number of likely N-dealkylation sites (tertiary alicyclic amines) is 1. The van der Waals surface area contributed by atoms with Crippen molar-refractivity contribution < 1.29 is 26.3 Å². The van der Waals surface area contributed by atoms with E-state index in [1.54, 1.807) is 7.11 Å². The zero-order valence-electron chi connectivity index (χ0n) is 15.9. The van der Waals surface area contributed by atoms with E-state index in [2.05, 4.69) is 9.62 Å².